The summed E-state index contributed by atoms with van der Waals surface area (Å²) >= 11 is 0. The smallest absolute Gasteiger partial charge is 0.238 e. The summed E-state index contributed by atoms with van der Waals surface area (Å²) in [5, 5.41) is 4.99. The van der Waals surface area contributed by atoms with Gasteiger partial charge in [-0.15, -0.1) is 0 Å². The monoisotopic (exact) mass is 348 g/mol. The van der Waals surface area contributed by atoms with Gasteiger partial charge < -0.3 is 4.90 Å². The molecule has 1 aliphatic rings. The Balaban J connectivity index is 1.75. The lowest BCUT2D eigenvalue weighted by Crippen LogP contribution is -2.24. The lowest BCUT2D eigenvalue weighted by atomic mass is 9.98. The number of benzene rings is 2. The summed E-state index contributed by atoms with van der Waals surface area (Å²) in [5.41, 5.74) is 1.21. The Labute approximate surface area is 139 Å². The number of rotatable bonds is 4. The number of carbonyl (C=O) groups excluding carboxylic acids is 1. The first kappa shape index (κ1) is 16.6. The number of hydrogen-bond acceptors (Lipinski definition) is 3. The minimum Gasteiger partial charge on any atom is -0.312 e. The molecule has 2 N–H and O–H groups in total. The molecule has 1 fully saturated rings. The lowest BCUT2D eigenvalue weighted by Gasteiger charge is -2.16. The van der Waals surface area contributed by atoms with Gasteiger partial charge in [0.2, 0.25) is 15.9 Å². The van der Waals surface area contributed by atoms with Crippen LogP contribution in [0.25, 0.3) is 0 Å². The number of para-hydroxylation sites is 1. The van der Waals surface area contributed by atoms with Crippen LogP contribution >= 0.6 is 0 Å². The third kappa shape index (κ3) is 3.47. The molecule has 0 aromatic heterocycles. The standard InChI is InChI=1S/C17H17FN2O3S/c18-16-10-15(24(19,22)23)7-6-13(16)8-12-9-17(21)20(11-12)14-4-2-1-3-5-14/h1-7,10,12H,8-9,11H2,(H2,19,22,23)/t12-/m1/s1. The van der Waals surface area contributed by atoms with Crippen LogP contribution in [-0.4, -0.2) is 20.9 Å². The van der Waals surface area contributed by atoms with Crippen LogP contribution in [0.3, 0.4) is 0 Å². The number of primary sulfonamides is 1. The number of anilines is 1. The minimum atomic E-state index is -3.93. The van der Waals surface area contributed by atoms with Crippen molar-refractivity contribution in [3.63, 3.8) is 0 Å². The van der Waals surface area contributed by atoms with Gasteiger partial charge in [0.15, 0.2) is 0 Å². The van der Waals surface area contributed by atoms with Gasteiger partial charge >= 0.3 is 0 Å². The summed E-state index contributed by atoms with van der Waals surface area (Å²) in [6.45, 7) is 0.513. The molecule has 0 unspecified atom stereocenters. The van der Waals surface area contributed by atoms with E-state index in [-0.39, 0.29) is 16.7 Å². The SMILES string of the molecule is NS(=O)(=O)c1ccc(C[C@@H]2CC(=O)N(c3ccccc3)C2)c(F)c1. The maximum absolute atomic E-state index is 14.1. The van der Waals surface area contributed by atoms with Crippen molar-refractivity contribution >= 4 is 21.6 Å². The second-order valence-electron chi connectivity index (χ2n) is 5.91. The van der Waals surface area contributed by atoms with Gasteiger partial charge in [0.1, 0.15) is 5.82 Å². The summed E-state index contributed by atoms with van der Waals surface area (Å²) in [6, 6.07) is 13.0. The zero-order chi connectivity index (χ0) is 17.3. The Morgan fingerprint density at radius 3 is 2.50 bits per heavy atom. The number of halogens is 1. The molecule has 1 saturated heterocycles. The molecule has 0 spiro atoms. The van der Waals surface area contributed by atoms with Crippen molar-refractivity contribution in [1.29, 1.82) is 0 Å². The Bertz CT molecular complexity index is 869. The van der Waals surface area contributed by atoms with E-state index in [2.05, 4.69) is 0 Å². The highest BCUT2D eigenvalue weighted by atomic mass is 32.2. The Morgan fingerprint density at radius 2 is 1.88 bits per heavy atom. The van der Waals surface area contributed by atoms with Crippen LogP contribution in [0.4, 0.5) is 10.1 Å². The summed E-state index contributed by atoms with van der Waals surface area (Å²) in [5.74, 6) is -0.632. The van der Waals surface area contributed by atoms with Crippen molar-refractivity contribution in [2.24, 2.45) is 11.1 Å². The molecule has 0 aliphatic carbocycles. The largest absolute Gasteiger partial charge is 0.312 e. The molecular formula is C17H17FN2O3S. The number of sulfonamides is 1. The zero-order valence-corrected chi connectivity index (χ0v) is 13.7. The lowest BCUT2D eigenvalue weighted by molar-refractivity contribution is -0.117. The molecule has 24 heavy (non-hydrogen) atoms. The summed E-state index contributed by atoms with van der Waals surface area (Å²) in [4.78, 5) is 13.6. The summed E-state index contributed by atoms with van der Waals surface area (Å²) in [6.07, 6.45) is 0.705. The maximum Gasteiger partial charge on any atom is 0.238 e. The van der Waals surface area contributed by atoms with E-state index in [9.17, 15) is 17.6 Å². The van der Waals surface area contributed by atoms with E-state index in [0.29, 0.717) is 24.9 Å². The van der Waals surface area contributed by atoms with Crippen LogP contribution in [0.5, 0.6) is 0 Å². The average molecular weight is 348 g/mol. The number of hydrogen-bond donors (Lipinski definition) is 1. The van der Waals surface area contributed by atoms with Crippen molar-refractivity contribution in [1.82, 2.24) is 0 Å². The van der Waals surface area contributed by atoms with Crippen LogP contribution in [-0.2, 0) is 21.2 Å². The molecule has 0 saturated carbocycles. The molecule has 2 aromatic rings. The number of nitrogens with zero attached hydrogens (tertiary/aromatic N) is 1. The molecule has 1 atom stereocenters. The van der Waals surface area contributed by atoms with Gasteiger partial charge in [0, 0.05) is 18.7 Å². The molecule has 126 valence electrons. The fourth-order valence-corrected chi connectivity index (χ4v) is 3.48. The fraction of sp³-hybridized carbons (Fsp3) is 0.235. The van der Waals surface area contributed by atoms with E-state index < -0.39 is 15.8 Å². The Kier molecular flexibility index (Phi) is 4.38. The Morgan fingerprint density at radius 1 is 1.17 bits per heavy atom. The first-order valence-electron chi connectivity index (χ1n) is 7.51. The van der Waals surface area contributed by atoms with Gasteiger partial charge in [-0.25, -0.2) is 17.9 Å². The highest BCUT2D eigenvalue weighted by molar-refractivity contribution is 7.89. The molecule has 1 heterocycles. The second kappa shape index (κ2) is 6.33. The molecule has 3 rings (SSSR count). The normalized spacial score (nSPS) is 18.2. The predicted molar refractivity (Wildman–Crippen MR) is 88.4 cm³/mol. The number of carbonyl (C=O) groups is 1. The van der Waals surface area contributed by atoms with E-state index in [1.54, 1.807) is 4.90 Å². The molecule has 7 heteroatoms. The topological polar surface area (TPSA) is 80.5 Å². The molecule has 1 amide bonds. The van der Waals surface area contributed by atoms with Crippen molar-refractivity contribution in [2.45, 2.75) is 17.7 Å². The quantitative estimate of drug-likeness (QED) is 0.918. The first-order valence-corrected chi connectivity index (χ1v) is 9.06. The van der Waals surface area contributed by atoms with Crippen molar-refractivity contribution in [3.05, 3.63) is 59.9 Å². The molecule has 2 aromatic carbocycles. The molecule has 1 aliphatic heterocycles. The van der Waals surface area contributed by atoms with Gasteiger partial charge in [-0.1, -0.05) is 24.3 Å². The highest BCUT2D eigenvalue weighted by Crippen LogP contribution is 2.28. The van der Waals surface area contributed by atoms with E-state index in [1.165, 1.54) is 12.1 Å². The molecular weight excluding hydrogens is 331 g/mol. The van der Waals surface area contributed by atoms with Crippen LogP contribution in [0.1, 0.15) is 12.0 Å². The van der Waals surface area contributed by atoms with E-state index in [0.717, 1.165) is 11.8 Å². The maximum atomic E-state index is 14.1. The van der Waals surface area contributed by atoms with Crippen molar-refractivity contribution in [2.75, 3.05) is 11.4 Å². The predicted octanol–water partition coefficient (Wildman–Crippen LogP) is 2.07. The van der Waals surface area contributed by atoms with Crippen molar-refractivity contribution < 1.29 is 17.6 Å². The van der Waals surface area contributed by atoms with Crippen LogP contribution in [0.15, 0.2) is 53.4 Å². The van der Waals surface area contributed by atoms with E-state index >= 15 is 0 Å². The van der Waals surface area contributed by atoms with Gasteiger partial charge in [-0.2, -0.15) is 0 Å². The Hall–Kier alpha value is -2.25. The van der Waals surface area contributed by atoms with E-state index in [1.807, 2.05) is 30.3 Å². The van der Waals surface area contributed by atoms with Crippen molar-refractivity contribution in [3.8, 4) is 0 Å². The number of nitrogens with two attached hydrogens (primary N) is 1. The zero-order valence-electron chi connectivity index (χ0n) is 12.9. The van der Waals surface area contributed by atoms with Crippen LogP contribution in [0, 0.1) is 11.7 Å². The third-order valence-electron chi connectivity index (χ3n) is 4.13. The van der Waals surface area contributed by atoms with Gasteiger partial charge in [0.05, 0.1) is 4.90 Å². The van der Waals surface area contributed by atoms with Gasteiger partial charge in [-0.3, -0.25) is 4.79 Å². The molecule has 5 nitrogen and oxygen atoms in total. The molecule has 0 bridgehead atoms. The highest BCUT2D eigenvalue weighted by Gasteiger charge is 2.31. The fourth-order valence-electron chi connectivity index (χ4n) is 2.96. The third-order valence-corrected chi connectivity index (χ3v) is 5.05. The average Bonchev–Trinajstić information content (AvgIpc) is 2.90. The summed E-state index contributed by atoms with van der Waals surface area (Å²) in [7, 11) is -3.93. The van der Waals surface area contributed by atoms with E-state index in [4.69, 9.17) is 5.14 Å². The van der Waals surface area contributed by atoms with Gasteiger partial charge in [-0.05, 0) is 42.2 Å². The first-order chi connectivity index (χ1) is 11.3. The van der Waals surface area contributed by atoms with Gasteiger partial charge in [0.25, 0.3) is 0 Å². The summed E-state index contributed by atoms with van der Waals surface area (Å²) < 4.78 is 36.6. The minimum absolute atomic E-state index is 0.00719. The molecule has 0 radical (unpaired) electrons. The number of amides is 1. The van der Waals surface area contributed by atoms with Crippen LogP contribution < -0.4 is 10.0 Å². The van der Waals surface area contributed by atoms with Crippen LogP contribution in [0.2, 0.25) is 0 Å². The second-order valence-corrected chi connectivity index (χ2v) is 7.47.